The Balaban J connectivity index is 1.46. The molecule has 2 aromatic rings. The molecule has 4 nitrogen and oxygen atoms in total. The lowest BCUT2D eigenvalue weighted by atomic mass is 10.0. The topological polar surface area (TPSA) is 35.9 Å². The summed E-state index contributed by atoms with van der Waals surface area (Å²) in [7, 11) is 0. The summed E-state index contributed by atoms with van der Waals surface area (Å²) >= 11 is 1.52. The molecule has 0 atom stereocenters. The molecule has 0 saturated carbocycles. The fraction of sp³-hybridized carbons (Fsp3) is 0.304. The van der Waals surface area contributed by atoms with Gasteiger partial charge in [0, 0.05) is 31.9 Å². The lowest BCUT2D eigenvalue weighted by molar-refractivity contribution is -0.113. The summed E-state index contributed by atoms with van der Waals surface area (Å²) in [5.74, 6) is -0.110. The van der Waals surface area contributed by atoms with Crippen LogP contribution in [0.15, 0.2) is 58.4 Å². The fourth-order valence-electron chi connectivity index (χ4n) is 3.57. The van der Waals surface area contributed by atoms with Crippen LogP contribution in [-0.4, -0.2) is 42.2 Å². The Kier molecular flexibility index (Phi) is 5.27. The molecule has 0 unspecified atom stereocenters. The number of amidine groups is 1. The van der Waals surface area contributed by atoms with Crippen LogP contribution in [0.25, 0.3) is 5.57 Å². The summed E-state index contributed by atoms with van der Waals surface area (Å²) in [6.07, 6.45) is 0. The maximum absolute atomic E-state index is 12.6. The third-order valence-corrected chi connectivity index (χ3v) is 6.75. The minimum Gasteiger partial charge on any atom is -0.368 e. The predicted octanol–water partition coefficient (Wildman–Crippen LogP) is 4.49. The number of carbonyl (C=O) groups is 1. The van der Waals surface area contributed by atoms with Gasteiger partial charge < -0.3 is 9.80 Å². The number of amides is 1. The number of piperazine rings is 1. The van der Waals surface area contributed by atoms with Crippen LogP contribution in [0, 0.1) is 13.8 Å². The van der Waals surface area contributed by atoms with Crippen molar-refractivity contribution in [2.75, 3.05) is 31.1 Å². The van der Waals surface area contributed by atoms with Gasteiger partial charge in [-0.3, -0.25) is 4.79 Å². The lowest BCUT2D eigenvalue weighted by Crippen LogP contribution is -2.47. The summed E-state index contributed by atoms with van der Waals surface area (Å²) in [6, 6.07) is 16.8. The molecule has 0 aromatic heterocycles. The summed E-state index contributed by atoms with van der Waals surface area (Å²) in [5.41, 5.74) is 5.88. The first-order valence-corrected chi connectivity index (χ1v) is 10.5. The lowest BCUT2D eigenvalue weighted by Gasteiger charge is -2.36. The van der Waals surface area contributed by atoms with Gasteiger partial charge in [0.05, 0.1) is 4.91 Å². The van der Waals surface area contributed by atoms with E-state index in [0.717, 1.165) is 47.4 Å². The molecule has 2 aliphatic rings. The summed E-state index contributed by atoms with van der Waals surface area (Å²) in [4.78, 5) is 22.3. The molecule has 0 N–H and O–H groups in total. The summed E-state index contributed by atoms with van der Waals surface area (Å²) in [5, 5.41) is 0.843. The molecule has 1 fully saturated rings. The van der Waals surface area contributed by atoms with Gasteiger partial charge in [-0.05, 0) is 66.9 Å². The maximum Gasteiger partial charge on any atom is 0.286 e. The van der Waals surface area contributed by atoms with Gasteiger partial charge in [0.2, 0.25) is 0 Å². The van der Waals surface area contributed by atoms with Crippen LogP contribution in [-0.2, 0) is 4.79 Å². The number of rotatable bonds is 2. The quantitative estimate of drug-likeness (QED) is 0.707. The van der Waals surface area contributed by atoms with Crippen molar-refractivity contribution < 1.29 is 4.79 Å². The number of para-hydroxylation sites is 1. The smallest absolute Gasteiger partial charge is 0.286 e. The first-order valence-electron chi connectivity index (χ1n) is 9.67. The van der Waals surface area contributed by atoms with Gasteiger partial charge in [-0.2, -0.15) is 4.99 Å². The minimum atomic E-state index is -0.110. The molecule has 2 aliphatic heterocycles. The second-order valence-electron chi connectivity index (χ2n) is 7.36. The van der Waals surface area contributed by atoms with Crippen LogP contribution >= 0.6 is 11.8 Å². The molecule has 144 valence electrons. The van der Waals surface area contributed by atoms with E-state index in [-0.39, 0.29) is 5.91 Å². The molecule has 4 rings (SSSR count). The zero-order valence-electron chi connectivity index (χ0n) is 16.6. The molecular weight excluding hydrogens is 366 g/mol. The number of benzene rings is 2. The molecule has 0 radical (unpaired) electrons. The third-order valence-electron chi connectivity index (χ3n) is 5.54. The average molecular weight is 392 g/mol. The van der Waals surface area contributed by atoms with Crippen LogP contribution in [0.3, 0.4) is 0 Å². The van der Waals surface area contributed by atoms with Crippen molar-refractivity contribution in [1.82, 2.24) is 4.90 Å². The Morgan fingerprint density at radius 1 is 0.929 bits per heavy atom. The molecule has 2 aromatic carbocycles. The zero-order chi connectivity index (χ0) is 19.7. The number of aryl methyl sites for hydroxylation is 2. The van der Waals surface area contributed by atoms with Crippen molar-refractivity contribution in [3.63, 3.8) is 0 Å². The van der Waals surface area contributed by atoms with Crippen LogP contribution in [0.2, 0.25) is 0 Å². The van der Waals surface area contributed by atoms with Crippen molar-refractivity contribution in [2.24, 2.45) is 4.99 Å². The Bertz CT molecular complexity index is 957. The number of hydrogen-bond donors (Lipinski definition) is 0. The van der Waals surface area contributed by atoms with E-state index in [1.807, 2.05) is 13.0 Å². The fourth-order valence-corrected chi connectivity index (χ4v) is 4.59. The third kappa shape index (κ3) is 3.72. The summed E-state index contributed by atoms with van der Waals surface area (Å²) < 4.78 is 0. The highest BCUT2D eigenvalue weighted by Crippen LogP contribution is 2.35. The number of hydrogen-bond acceptors (Lipinski definition) is 4. The molecule has 0 aliphatic carbocycles. The van der Waals surface area contributed by atoms with Crippen molar-refractivity contribution in [3.8, 4) is 0 Å². The van der Waals surface area contributed by atoms with Gasteiger partial charge >= 0.3 is 0 Å². The number of aliphatic imine (C=N–C) groups is 1. The second kappa shape index (κ2) is 7.84. The van der Waals surface area contributed by atoms with Gasteiger partial charge in [-0.1, -0.05) is 36.4 Å². The molecular formula is C23H25N3OS. The van der Waals surface area contributed by atoms with Crippen molar-refractivity contribution in [1.29, 1.82) is 0 Å². The Morgan fingerprint density at radius 3 is 2.29 bits per heavy atom. The number of anilines is 1. The van der Waals surface area contributed by atoms with Crippen LogP contribution < -0.4 is 4.90 Å². The van der Waals surface area contributed by atoms with Gasteiger partial charge in [-0.25, -0.2) is 0 Å². The van der Waals surface area contributed by atoms with Gasteiger partial charge in [0.1, 0.15) is 0 Å². The summed E-state index contributed by atoms with van der Waals surface area (Å²) in [6.45, 7) is 9.87. The highest BCUT2D eigenvalue weighted by Gasteiger charge is 2.30. The van der Waals surface area contributed by atoms with E-state index in [1.165, 1.54) is 28.6 Å². The highest BCUT2D eigenvalue weighted by molar-refractivity contribution is 8.18. The van der Waals surface area contributed by atoms with Gasteiger partial charge in [0.25, 0.3) is 5.91 Å². The molecule has 0 bridgehead atoms. The first kappa shape index (κ1) is 18.8. The Hall–Kier alpha value is -2.53. The Morgan fingerprint density at radius 2 is 1.61 bits per heavy atom. The Labute approximate surface area is 171 Å². The molecule has 2 heterocycles. The second-order valence-corrected chi connectivity index (χ2v) is 8.34. The number of nitrogens with zero attached hydrogens (tertiary/aromatic N) is 3. The highest BCUT2D eigenvalue weighted by atomic mass is 32.2. The van der Waals surface area contributed by atoms with E-state index in [2.05, 4.69) is 71.1 Å². The first-order chi connectivity index (χ1) is 13.5. The van der Waals surface area contributed by atoms with Crippen LogP contribution in [0.5, 0.6) is 0 Å². The zero-order valence-corrected chi connectivity index (χ0v) is 17.4. The van der Waals surface area contributed by atoms with E-state index in [4.69, 9.17) is 0 Å². The van der Waals surface area contributed by atoms with Crippen LogP contribution in [0.4, 0.5) is 5.69 Å². The number of allylic oxidation sites excluding steroid dienone is 1. The maximum atomic E-state index is 12.6. The minimum absolute atomic E-state index is 0.110. The number of carbonyl (C=O) groups excluding carboxylic acids is 1. The van der Waals surface area contributed by atoms with Crippen molar-refractivity contribution >= 4 is 34.1 Å². The van der Waals surface area contributed by atoms with Gasteiger partial charge in [0.15, 0.2) is 5.17 Å². The van der Waals surface area contributed by atoms with E-state index in [0.29, 0.717) is 0 Å². The van der Waals surface area contributed by atoms with Crippen molar-refractivity contribution in [2.45, 2.75) is 20.8 Å². The van der Waals surface area contributed by atoms with E-state index < -0.39 is 0 Å². The monoisotopic (exact) mass is 391 g/mol. The standard InChI is InChI=1S/C23H25N3OS/c1-16-9-10-19(15-17(16)2)18(3)21-22(27)24-23(28-21)26-13-11-25(12-14-26)20-7-5-4-6-8-20/h4-10,15H,11-14H2,1-3H3/b21-18-. The molecule has 1 saturated heterocycles. The molecule has 5 heteroatoms. The van der Waals surface area contributed by atoms with Gasteiger partial charge in [-0.15, -0.1) is 0 Å². The van der Waals surface area contributed by atoms with E-state index in [9.17, 15) is 4.79 Å². The van der Waals surface area contributed by atoms with Crippen LogP contribution in [0.1, 0.15) is 23.6 Å². The van der Waals surface area contributed by atoms with E-state index in [1.54, 1.807) is 0 Å². The largest absolute Gasteiger partial charge is 0.368 e. The predicted molar refractivity (Wildman–Crippen MR) is 119 cm³/mol. The van der Waals surface area contributed by atoms with E-state index >= 15 is 0 Å². The SMILES string of the molecule is C/C(=C1/SC(N2CCN(c3ccccc3)CC2)=NC1=O)c1ccc(C)c(C)c1. The molecule has 0 spiro atoms. The normalized spacial score (nSPS) is 19.1. The number of thioether (sulfide) groups is 1. The molecule has 28 heavy (non-hydrogen) atoms. The molecule has 1 amide bonds. The average Bonchev–Trinajstić information content (AvgIpc) is 3.12. The van der Waals surface area contributed by atoms with Crippen molar-refractivity contribution in [3.05, 3.63) is 70.1 Å².